The Kier molecular flexibility index (Phi) is 2.82. The van der Waals surface area contributed by atoms with E-state index in [0.29, 0.717) is 0 Å². The highest BCUT2D eigenvalue weighted by Gasteiger charge is 2.17. The van der Waals surface area contributed by atoms with E-state index in [1.807, 2.05) is 0 Å². The van der Waals surface area contributed by atoms with Crippen molar-refractivity contribution in [3.05, 3.63) is 41.1 Å². The summed E-state index contributed by atoms with van der Waals surface area (Å²) in [6.45, 7) is 10.8. The zero-order valence-corrected chi connectivity index (χ0v) is 11.3. The first-order chi connectivity index (χ1) is 7.88. The quantitative estimate of drug-likeness (QED) is 0.785. The second-order valence-corrected chi connectivity index (χ2v) is 5.74. The molecular weight excluding hydrogens is 208 g/mol. The summed E-state index contributed by atoms with van der Waals surface area (Å²) in [4.78, 5) is 0. The summed E-state index contributed by atoms with van der Waals surface area (Å²) in [6, 6.07) is 8.63. The Morgan fingerprint density at radius 1 is 1.06 bits per heavy atom. The maximum Gasteiger partial charge on any atom is 0.0926 e. The van der Waals surface area contributed by atoms with E-state index in [9.17, 15) is 0 Å². The molecule has 0 atom stereocenters. The summed E-state index contributed by atoms with van der Waals surface area (Å²) in [5, 5.41) is 7.57. The maximum atomic E-state index is 4.43. The van der Waals surface area contributed by atoms with Gasteiger partial charge in [0.25, 0.3) is 0 Å². The first-order valence-electron chi connectivity index (χ1n) is 6.01. The molecule has 0 radical (unpaired) electrons. The van der Waals surface area contributed by atoms with E-state index < -0.39 is 0 Å². The average Bonchev–Trinajstić information content (AvgIpc) is 2.70. The molecule has 0 aliphatic carbocycles. The second-order valence-electron chi connectivity index (χ2n) is 5.74. The Hall–Kier alpha value is -1.57. The number of H-pyrrole nitrogens is 1. The minimum atomic E-state index is 0.114. The highest BCUT2D eigenvalue weighted by atomic mass is 15.1. The van der Waals surface area contributed by atoms with E-state index in [0.717, 1.165) is 5.69 Å². The molecule has 1 aromatic carbocycles. The molecule has 1 heterocycles. The van der Waals surface area contributed by atoms with Gasteiger partial charge in [0, 0.05) is 16.7 Å². The first-order valence-corrected chi connectivity index (χ1v) is 6.01. The summed E-state index contributed by atoms with van der Waals surface area (Å²) in [5.74, 6) is 0. The molecule has 0 bridgehead atoms. The standard InChI is InChI=1S/C15H20N2/c1-10-6-7-11(2)12(8-10)13-9-14(17-16-13)15(3,4)5/h6-9H,1-5H3,(H,16,17). The number of nitrogens with zero attached hydrogens (tertiary/aromatic N) is 1. The third-order valence-corrected chi connectivity index (χ3v) is 3.05. The molecule has 0 saturated carbocycles. The van der Waals surface area contributed by atoms with Gasteiger partial charge < -0.3 is 0 Å². The molecule has 2 rings (SSSR count). The summed E-state index contributed by atoms with van der Waals surface area (Å²) < 4.78 is 0. The molecular formula is C15H20N2. The normalized spacial score (nSPS) is 11.8. The fourth-order valence-corrected chi connectivity index (χ4v) is 1.86. The summed E-state index contributed by atoms with van der Waals surface area (Å²) in [6.07, 6.45) is 0. The van der Waals surface area contributed by atoms with E-state index >= 15 is 0 Å². The van der Waals surface area contributed by atoms with Crippen molar-refractivity contribution in [3.63, 3.8) is 0 Å². The third-order valence-electron chi connectivity index (χ3n) is 3.05. The van der Waals surface area contributed by atoms with Gasteiger partial charge in [-0.1, -0.05) is 38.5 Å². The Morgan fingerprint density at radius 2 is 1.76 bits per heavy atom. The molecule has 0 saturated heterocycles. The van der Waals surface area contributed by atoms with Gasteiger partial charge in [0.15, 0.2) is 0 Å². The van der Waals surface area contributed by atoms with Crippen molar-refractivity contribution >= 4 is 0 Å². The average molecular weight is 228 g/mol. The minimum absolute atomic E-state index is 0.114. The van der Waals surface area contributed by atoms with E-state index in [-0.39, 0.29) is 5.41 Å². The molecule has 90 valence electrons. The monoisotopic (exact) mass is 228 g/mol. The van der Waals surface area contributed by atoms with Crippen LogP contribution in [0.1, 0.15) is 37.6 Å². The Balaban J connectivity index is 2.47. The molecule has 0 amide bonds. The van der Waals surface area contributed by atoms with Crippen molar-refractivity contribution in [2.45, 2.75) is 40.0 Å². The third kappa shape index (κ3) is 2.41. The number of aromatic amines is 1. The van der Waals surface area contributed by atoms with Gasteiger partial charge in [-0.25, -0.2) is 0 Å². The first kappa shape index (κ1) is 11.9. The summed E-state index contributed by atoms with van der Waals surface area (Å²) in [5.41, 5.74) is 6.08. The van der Waals surface area contributed by atoms with Gasteiger partial charge in [0.2, 0.25) is 0 Å². The van der Waals surface area contributed by atoms with Crippen LogP contribution in [0.15, 0.2) is 24.3 Å². The van der Waals surface area contributed by atoms with Crippen LogP contribution in [-0.4, -0.2) is 10.2 Å². The molecule has 0 unspecified atom stereocenters. The van der Waals surface area contributed by atoms with Gasteiger partial charge in [0.1, 0.15) is 0 Å². The van der Waals surface area contributed by atoms with E-state index in [4.69, 9.17) is 0 Å². The van der Waals surface area contributed by atoms with Crippen molar-refractivity contribution in [1.29, 1.82) is 0 Å². The van der Waals surface area contributed by atoms with Crippen LogP contribution < -0.4 is 0 Å². The van der Waals surface area contributed by atoms with Gasteiger partial charge in [-0.2, -0.15) is 5.10 Å². The van der Waals surface area contributed by atoms with Crippen molar-refractivity contribution in [2.24, 2.45) is 0 Å². The Bertz CT molecular complexity index is 530. The highest BCUT2D eigenvalue weighted by molar-refractivity contribution is 5.64. The van der Waals surface area contributed by atoms with Crippen LogP contribution in [0, 0.1) is 13.8 Å². The van der Waals surface area contributed by atoms with E-state index in [1.165, 1.54) is 22.4 Å². The SMILES string of the molecule is Cc1ccc(C)c(-c2cc(C(C)(C)C)[nH]n2)c1. The topological polar surface area (TPSA) is 28.7 Å². The van der Waals surface area contributed by atoms with Crippen molar-refractivity contribution in [1.82, 2.24) is 10.2 Å². The number of hydrogen-bond acceptors (Lipinski definition) is 1. The largest absolute Gasteiger partial charge is 0.281 e. The minimum Gasteiger partial charge on any atom is -0.281 e. The van der Waals surface area contributed by atoms with E-state index in [2.05, 4.69) is 69.1 Å². The molecule has 0 spiro atoms. The van der Waals surface area contributed by atoms with Gasteiger partial charge >= 0.3 is 0 Å². The van der Waals surface area contributed by atoms with Gasteiger partial charge in [0.05, 0.1) is 5.69 Å². The predicted octanol–water partition coefficient (Wildman–Crippen LogP) is 3.99. The Labute approximate surface area is 103 Å². The zero-order chi connectivity index (χ0) is 12.6. The number of aromatic nitrogens is 2. The molecule has 17 heavy (non-hydrogen) atoms. The fraction of sp³-hybridized carbons (Fsp3) is 0.400. The van der Waals surface area contributed by atoms with Crippen LogP contribution in [-0.2, 0) is 5.41 Å². The molecule has 0 aliphatic heterocycles. The molecule has 1 aromatic heterocycles. The maximum absolute atomic E-state index is 4.43. The van der Waals surface area contributed by atoms with Gasteiger partial charge in [-0.15, -0.1) is 0 Å². The summed E-state index contributed by atoms with van der Waals surface area (Å²) >= 11 is 0. The number of hydrogen-bond donors (Lipinski definition) is 1. The van der Waals surface area contributed by atoms with Crippen LogP contribution in [0.2, 0.25) is 0 Å². The van der Waals surface area contributed by atoms with Crippen molar-refractivity contribution in [2.75, 3.05) is 0 Å². The zero-order valence-electron chi connectivity index (χ0n) is 11.3. The molecule has 2 aromatic rings. The second kappa shape index (κ2) is 4.02. The number of aryl methyl sites for hydroxylation is 2. The smallest absolute Gasteiger partial charge is 0.0926 e. The molecule has 1 N–H and O–H groups in total. The molecule has 2 nitrogen and oxygen atoms in total. The number of benzene rings is 1. The van der Waals surface area contributed by atoms with Crippen LogP contribution >= 0.6 is 0 Å². The lowest BCUT2D eigenvalue weighted by molar-refractivity contribution is 0.567. The van der Waals surface area contributed by atoms with Crippen molar-refractivity contribution < 1.29 is 0 Å². The Morgan fingerprint density at radius 3 is 2.35 bits per heavy atom. The van der Waals surface area contributed by atoms with Crippen LogP contribution in [0.4, 0.5) is 0 Å². The highest BCUT2D eigenvalue weighted by Crippen LogP contribution is 2.27. The lowest BCUT2D eigenvalue weighted by atomic mass is 9.91. The molecule has 0 fully saturated rings. The fourth-order valence-electron chi connectivity index (χ4n) is 1.86. The van der Waals surface area contributed by atoms with Crippen LogP contribution in [0.5, 0.6) is 0 Å². The van der Waals surface area contributed by atoms with Crippen LogP contribution in [0.3, 0.4) is 0 Å². The van der Waals surface area contributed by atoms with Gasteiger partial charge in [-0.05, 0) is 31.5 Å². The van der Waals surface area contributed by atoms with Gasteiger partial charge in [-0.3, -0.25) is 5.10 Å². The van der Waals surface area contributed by atoms with Crippen LogP contribution in [0.25, 0.3) is 11.3 Å². The predicted molar refractivity (Wildman–Crippen MR) is 72.2 cm³/mol. The van der Waals surface area contributed by atoms with Crippen molar-refractivity contribution in [3.8, 4) is 11.3 Å². The molecule has 0 aliphatic rings. The lowest BCUT2D eigenvalue weighted by Crippen LogP contribution is -2.11. The lowest BCUT2D eigenvalue weighted by Gasteiger charge is -2.14. The number of rotatable bonds is 1. The summed E-state index contributed by atoms with van der Waals surface area (Å²) in [7, 11) is 0. The number of nitrogens with one attached hydrogen (secondary N) is 1. The van der Waals surface area contributed by atoms with E-state index in [1.54, 1.807) is 0 Å². The molecule has 2 heteroatoms.